The number of carbonyl (C=O) groups is 2. The second-order valence-corrected chi connectivity index (χ2v) is 7.39. The van der Waals surface area contributed by atoms with Crippen LogP contribution < -0.4 is 5.32 Å². The second kappa shape index (κ2) is 8.54. The number of hydrogen-bond donors (Lipinski definition) is 2. The molecule has 1 fully saturated rings. The van der Waals surface area contributed by atoms with Gasteiger partial charge in [0.15, 0.2) is 0 Å². The Morgan fingerprint density at radius 2 is 2.22 bits per heavy atom. The fourth-order valence-electron chi connectivity index (χ4n) is 2.97. The van der Waals surface area contributed by atoms with Crippen LogP contribution in [0.2, 0.25) is 5.02 Å². The molecule has 144 valence electrons. The minimum atomic E-state index is -0.281. The Morgan fingerprint density at radius 1 is 1.44 bits per heavy atom. The van der Waals surface area contributed by atoms with Gasteiger partial charge in [0.2, 0.25) is 5.91 Å². The predicted molar refractivity (Wildman–Crippen MR) is 103 cm³/mol. The van der Waals surface area contributed by atoms with Gasteiger partial charge in [-0.05, 0) is 18.1 Å². The molecule has 2 amide bonds. The Hall–Kier alpha value is -2.38. The third-order valence-electron chi connectivity index (χ3n) is 4.27. The van der Waals surface area contributed by atoms with Crippen molar-refractivity contribution in [1.29, 1.82) is 0 Å². The van der Waals surface area contributed by atoms with Crippen LogP contribution in [0.25, 0.3) is 11.3 Å². The smallest absolute Gasteiger partial charge is 0.269 e. The van der Waals surface area contributed by atoms with E-state index in [-0.39, 0.29) is 24.5 Å². The normalized spacial score (nSPS) is 17.4. The molecule has 0 aliphatic carbocycles. The number of carbonyl (C=O) groups excluding carboxylic acids is 2. The number of H-pyrrole nitrogens is 1. The summed E-state index contributed by atoms with van der Waals surface area (Å²) >= 11 is 6.17. The van der Waals surface area contributed by atoms with Crippen molar-refractivity contribution >= 4 is 23.4 Å². The van der Waals surface area contributed by atoms with Gasteiger partial charge in [0, 0.05) is 25.2 Å². The third-order valence-corrected chi connectivity index (χ3v) is 4.60. The summed E-state index contributed by atoms with van der Waals surface area (Å²) in [6.07, 6.45) is -0.226. The maximum Gasteiger partial charge on any atom is 0.269 e. The zero-order valence-electron chi connectivity index (χ0n) is 15.4. The molecule has 0 saturated carbocycles. The van der Waals surface area contributed by atoms with Crippen molar-refractivity contribution in [3.8, 4) is 11.3 Å². The van der Waals surface area contributed by atoms with Gasteiger partial charge < -0.3 is 15.0 Å². The van der Waals surface area contributed by atoms with E-state index in [0.29, 0.717) is 42.0 Å². The van der Waals surface area contributed by atoms with Gasteiger partial charge in [-0.3, -0.25) is 14.7 Å². The molecule has 0 spiro atoms. The van der Waals surface area contributed by atoms with E-state index in [2.05, 4.69) is 29.4 Å². The van der Waals surface area contributed by atoms with E-state index in [1.807, 2.05) is 18.2 Å². The first-order chi connectivity index (χ1) is 12.9. The maximum absolute atomic E-state index is 12.4. The van der Waals surface area contributed by atoms with Crippen LogP contribution in [0.5, 0.6) is 0 Å². The van der Waals surface area contributed by atoms with Crippen LogP contribution in [0.3, 0.4) is 0 Å². The molecule has 1 aliphatic heterocycles. The number of aromatic nitrogens is 2. The van der Waals surface area contributed by atoms with Gasteiger partial charge in [-0.1, -0.05) is 43.6 Å². The van der Waals surface area contributed by atoms with E-state index >= 15 is 0 Å². The van der Waals surface area contributed by atoms with Gasteiger partial charge in [0.25, 0.3) is 5.91 Å². The first-order valence-corrected chi connectivity index (χ1v) is 9.29. The number of ether oxygens (including phenoxy) is 1. The van der Waals surface area contributed by atoms with E-state index in [4.69, 9.17) is 16.3 Å². The lowest BCUT2D eigenvalue weighted by Crippen LogP contribution is -2.51. The Kier molecular flexibility index (Phi) is 6.13. The van der Waals surface area contributed by atoms with Crippen LogP contribution in [-0.2, 0) is 9.53 Å². The Bertz CT molecular complexity index is 821. The molecular weight excluding hydrogens is 368 g/mol. The number of nitrogens with one attached hydrogen (secondary N) is 2. The predicted octanol–water partition coefficient (Wildman–Crippen LogP) is 2.34. The van der Waals surface area contributed by atoms with Crippen LogP contribution in [0.15, 0.2) is 30.3 Å². The maximum atomic E-state index is 12.4. The van der Waals surface area contributed by atoms with Crippen molar-refractivity contribution in [3.05, 3.63) is 41.0 Å². The molecule has 27 heavy (non-hydrogen) atoms. The van der Waals surface area contributed by atoms with Crippen molar-refractivity contribution in [2.24, 2.45) is 5.92 Å². The van der Waals surface area contributed by atoms with E-state index in [0.717, 1.165) is 5.56 Å². The van der Waals surface area contributed by atoms with Crippen LogP contribution >= 0.6 is 11.6 Å². The highest BCUT2D eigenvalue weighted by atomic mass is 35.5. The SMILES string of the molecule is CC(C)CN1CC(CNC(=O)c2cc(-c3ccccc3Cl)n[nH]2)OCC1=O. The summed E-state index contributed by atoms with van der Waals surface area (Å²) in [5, 5.41) is 10.3. The van der Waals surface area contributed by atoms with Crippen molar-refractivity contribution in [2.45, 2.75) is 20.0 Å². The fraction of sp³-hybridized carbons (Fsp3) is 0.421. The first-order valence-electron chi connectivity index (χ1n) is 8.92. The molecule has 0 bridgehead atoms. The summed E-state index contributed by atoms with van der Waals surface area (Å²) in [6.45, 7) is 5.66. The minimum Gasteiger partial charge on any atom is -0.365 e. The van der Waals surface area contributed by atoms with Gasteiger partial charge in [0.05, 0.1) is 16.8 Å². The number of amides is 2. The average molecular weight is 391 g/mol. The molecule has 1 aromatic carbocycles. The molecule has 3 rings (SSSR count). The molecular formula is C19H23ClN4O3. The molecule has 1 atom stereocenters. The molecule has 1 aliphatic rings. The molecule has 1 saturated heterocycles. The van der Waals surface area contributed by atoms with E-state index in [1.165, 1.54) is 0 Å². The molecule has 8 heteroatoms. The van der Waals surface area contributed by atoms with Crippen LogP contribution in [-0.4, -0.2) is 59.3 Å². The van der Waals surface area contributed by atoms with Crippen LogP contribution in [0.4, 0.5) is 0 Å². The second-order valence-electron chi connectivity index (χ2n) is 6.98. The zero-order chi connectivity index (χ0) is 19.4. The zero-order valence-corrected chi connectivity index (χ0v) is 16.1. The molecule has 1 aromatic heterocycles. The van der Waals surface area contributed by atoms with Crippen molar-refractivity contribution in [1.82, 2.24) is 20.4 Å². The summed E-state index contributed by atoms with van der Waals surface area (Å²) in [5.41, 5.74) is 1.71. The number of morpholine rings is 1. The van der Waals surface area contributed by atoms with Gasteiger partial charge >= 0.3 is 0 Å². The highest BCUT2D eigenvalue weighted by Crippen LogP contribution is 2.26. The van der Waals surface area contributed by atoms with Gasteiger partial charge in [-0.25, -0.2) is 0 Å². The van der Waals surface area contributed by atoms with Gasteiger partial charge in [0.1, 0.15) is 12.3 Å². The van der Waals surface area contributed by atoms with Crippen LogP contribution in [0.1, 0.15) is 24.3 Å². The summed E-state index contributed by atoms with van der Waals surface area (Å²) in [6, 6.07) is 8.98. The number of nitrogens with zero attached hydrogens (tertiary/aromatic N) is 2. The van der Waals surface area contributed by atoms with E-state index in [9.17, 15) is 9.59 Å². The largest absolute Gasteiger partial charge is 0.365 e. The van der Waals surface area contributed by atoms with E-state index in [1.54, 1.807) is 17.0 Å². The quantitative estimate of drug-likeness (QED) is 0.792. The first kappa shape index (κ1) is 19.4. The number of benzene rings is 1. The fourth-order valence-corrected chi connectivity index (χ4v) is 3.20. The Labute approximate surface area is 163 Å². The number of aromatic amines is 1. The number of hydrogen-bond acceptors (Lipinski definition) is 4. The minimum absolute atomic E-state index is 0.00998. The van der Waals surface area contributed by atoms with Gasteiger partial charge in [-0.2, -0.15) is 5.10 Å². The van der Waals surface area contributed by atoms with Crippen molar-refractivity contribution in [2.75, 3.05) is 26.2 Å². The standard InChI is InChI=1S/C19H23ClN4O3/c1-12(2)9-24-10-13(27-11-18(24)25)8-21-19(26)17-7-16(22-23-17)14-5-3-4-6-15(14)20/h3-7,12-13H,8-11H2,1-2H3,(H,21,26)(H,22,23). The van der Waals surface area contributed by atoms with Crippen molar-refractivity contribution < 1.29 is 14.3 Å². The molecule has 2 N–H and O–H groups in total. The lowest BCUT2D eigenvalue weighted by molar-refractivity contribution is -0.149. The summed E-state index contributed by atoms with van der Waals surface area (Å²) in [5.74, 6) is 0.0939. The topological polar surface area (TPSA) is 87.3 Å². The lowest BCUT2D eigenvalue weighted by atomic mass is 10.1. The summed E-state index contributed by atoms with van der Waals surface area (Å²) < 4.78 is 5.53. The molecule has 1 unspecified atom stereocenters. The molecule has 2 aromatic rings. The average Bonchev–Trinajstić information content (AvgIpc) is 3.12. The third kappa shape index (κ3) is 4.87. The highest BCUT2D eigenvalue weighted by molar-refractivity contribution is 6.33. The summed E-state index contributed by atoms with van der Waals surface area (Å²) in [7, 11) is 0. The van der Waals surface area contributed by atoms with Crippen LogP contribution in [0, 0.1) is 5.92 Å². The monoisotopic (exact) mass is 390 g/mol. The summed E-state index contributed by atoms with van der Waals surface area (Å²) in [4.78, 5) is 26.1. The van der Waals surface area contributed by atoms with E-state index < -0.39 is 0 Å². The molecule has 2 heterocycles. The lowest BCUT2D eigenvalue weighted by Gasteiger charge is -2.33. The molecule has 0 radical (unpaired) electrons. The molecule has 7 nitrogen and oxygen atoms in total. The number of rotatable bonds is 6. The Balaban J connectivity index is 1.57. The van der Waals surface area contributed by atoms with Crippen molar-refractivity contribution in [3.63, 3.8) is 0 Å². The van der Waals surface area contributed by atoms with Gasteiger partial charge in [-0.15, -0.1) is 0 Å². The Morgan fingerprint density at radius 3 is 2.96 bits per heavy atom. The number of halogens is 1. The highest BCUT2D eigenvalue weighted by Gasteiger charge is 2.27.